The maximum Gasteiger partial charge on any atom is 0.303 e. The molecule has 0 aromatic carbocycles. The Morgan fingerprint density at radius 1 is 1.33 bits per heavy atom. The Bertz CT molecular complexity index is 307. The number of hydrogen-bond donors (Lipinski definition) is 1. The van der Waals surface area contributed by atoms with Crippen LogP contribution >= 0.6 is 0 Å². The molecular weight excluding hydrogens is 232 g/mol. The van der Waals surface area contributed by atoms with E-state index < -0.39 is 5.97 Å². The third-order valence-corrected chi connectivity index (χ3v) is 3.65. The van der Waals surface area contributed by atoms with Crippen LogP contribution in [0.3, 0.4) is 0 Å². The number of rotatable bonds is 5. The average Bonchev–Trinajstić information content (AvgIpc) is 2.28. The predicted molar refractivity (Wildman–Crippen MR) is 69.3 cm³/mol. The molecule has 0 aromatic heterocycles. The first-order chi connectivity index (χ1) is 8.43. The second-order valence-electron chi connectivity index (χ2n) is 5.29. The Balaban J connectivity index is 2.44. The van der Waals surface area contributed by atoms with Crippen molar-refractivity contribution in [3.63, 3.8) is 0 Å². The molecule has 1 aliphatic heterocycles. The number of carboxylic acids is 1. The van der Waals surface area contributed by atoms with Crippen molar-refractivity contribution in [2.75, 3.05) is 26.7 Å². The highest BCUT2D eigenvalue weighted by Gasteiger charge is 2.26. The van der Waals surface area contributed by atoms with Gasteiger partial charge in [-0.3, -0.25) is 14.5 Å². The Labute approximate surface area is 109 Å². The number of carboxylic acid groups (broad SMARTS) is 1. The fourth-order valence-corrected chi connectivity index (χ4v) is 2.41. The zero-order valence-corrected chi connectivity index (χ0v) is 11.6. The van der Waals surface area contributed by atoms with Gasteiger partial charge in [0.25, 0.3) is 0 Å². The van der Waals surface area contributed by atoms with E-state index in [0.29, 0.717) is 12.5 Å². The highest BCUT2D eigenvalue weighted by Crippen LogP contribution is 2.15. The van der Waals surface area contributed by atoms with Crippen molar-refractivity contribution >= 4 is 11.9 Å². The molecule has 1 saturated heterocycles. The third-order valence-electron chi connectivity index (χ3n) is 3.65. The fourth-order valence-electron chi connectivity index (χ4n) is 2.41. The minimum absolute atomic E-state index is 0.0662. The largest absolute Gasteiger partial charge is 0.481 e. The SMILES string of the molecule is CCC1CN(C(=O)CC(C)CC(=O)O)CCN1C. The van der Waals surface area contributed by atoms with Gasteiger partial charge in [-0.25, -0.2) is 0 Å². The third kappa shape index (κ3) is 4.29. The van der Waals surface area contributed by atoms with Crippen LogP contribution in [0.5, 0.6) is 0 Å². The van der Waals surface area contributed by atoms with Gasteiger partial charge in [-0.15, -0.1) is 0 Å². The predicted octanol–water partition coefficient (Wildman–Crippen LogP) is 1.04. The van der Waals surface area contributed by atoms with Gasteiger partial charge in [0.15, 0.2) is 0 Å². The number of carbonyl (C=O) groups is 2. The summed E-state index contributed by atoms with van der Waals surface area (Å²) < 4.78 is 0. The van der Waals surface area contributed by atoms with Gasteiger partial charge in [-0.2, -0.15) is 0 Å². The summed E-state index contributed by atoms with van der Waals surface area (Å²) in [7, 11) is 2.09. The van der Waals surface area contributed by atoms with Crippen molar-refractivity contribution in [2.24, 2.45) is 5.92 Å². The van der Waals surface area contributed by atoms with Crippen LogP contribution in [0.2, 0.25) is 0 Å². The van der Waals surface area contributed by atoms with E-state index in [2.05, 4.69) is 18.9 Å². The molecule has 1 heterocycles. The second-order valence-corrected chi connectivity index (χ2v) is 5.29. The minimum Gasteiger partial charge on any atom is -0.481 e. The summed E-state index contributed by atoms with van der Waals surface area (Å²) in [5.74, 6) is -0.829. The van der Waals surface area contributed by atoms with Crippen LogP contribution < -0.4 is 0 Å². The van der Waals surface area contributed by atoms with Crippen LogP contribution in [-0.2, 0) is 9.59 Å². The van der Waals surface area contributed by atoms with Crippen LogP contribution in [0.4, 0.5) is 0 Å². The van der Waals surface area contributed by atoms with Gasteiger partial charge in [0.2, 0.25) is 5.91 Å². The standard InChI is InChI=1S/C13H24N2O3/c1-4-11-9-15(6-5-14(11)3)12(16)7-10(2)8-13(17)18/h10-11H,4-9H2,1-3H3,(H,17,18). The van der Waals surface area contributed by atoms with E-state index in [0.717, 1.165) is 26.1 Å². The number of nitrogens with zero attached hydrogens (tertiary/aromatic N) is 2. The highest BCUT2D eigenvalue weighted by atomic mass is 16.4. The lowest BCUT2D eigenvalue weighted by molar-refractivity contribution is -0.139. The molecule has 1 fully saturated rings. The lowest BCUT2D eigenvalue weighted by Crippen LogP contribution is -2.53. The average molecular weight is 256 g/mol. The van der Waals surface area contributed by atoms with Crippen molar-refractivity contribution < 1.29 is 14.7 Å². The summed E-state index contributed by atoms with van der Waals surface area (Å²) in [4.78, 5) is 26.8. The molecule has 2 unspecified atom stereocenters. The first-order valence-electron chi connectivity index (χ1n) is 6.63. The Morgan fingerprint density at radius 3 is 2.56 bits per heavy atom. The molecule has 0 spiro atoms. The molecule has 18 heavy (non-hydrogen) atoms. The lowest BCUT2D eigenvalue weighted by atomic mass is 10.0. The summed E-state index contributed by atoms with van der Waals surface area (Å²) in [6.07, 6.45) is 1.44. The fraction of sp³-hybridized carbons (Fsp3) is 0.846. The van der Waals surface area contributed by atoms with Crippen LogP contribution in [0.25, 0.3) is 0 Å². The van der Waals surface area contributed by atoms with E-state index in [1.54, 1.807) is 0 Å². The molecule has 104 valence electrons. The Hall–Kier alpha value is -1.10. The number of aliphatic carboxylic acids is 1. The number of likely N-dealkylation sites (N-methyl/N-ethyl adjacent to an activating group) is 1. The summed E-state index contributed by atoms with van der Waals surface area (Å²) in [6, 6.07) is 0.428. The molecular formula is C13H24N2O3. The van der Waals surface area contributed by atoms with Gasteiger partial charge in [0.05, 0.1) is 0 Å². The monoisotopic (exact) mass is 256 g/mol. The summed E-state index contributed by atoms with van der Waals surface area (Å²) in [5, 5.41) is 8.69. The van der Waals surface area contributed by atoms with Crippen LogP contribution in [0.1, 0.15) is 33.1 Å². The van der Waals surface area contributed by atoms with E-state index in [1.807, 2.05) is 11.8 Å². The maximum absolute atomic E-state index is 12.1. The normalized spacial score (nSPS) is 22.8. The molecule has 5 nitrogen and oxygen atoms in total. The Kier molecular flexibility index (Phi) is 5.59. The van der Waals surface area contributed by atoms with Crippen LogP contribution in [0.15, 0.2) is 0 Å². The zero-order valence-electron chi connectivity index (χ0n) is 11.6. The number of hydrogen-bond acceptors (Lipinski definition) is 3. The summed E-state index contributed by atoms with van der Waals surface area (Å²) in [6.45, 7) is 6.37. The molecule has 0 radical (unpaired) electrons. The Morgan fingerprint density at radius 2 is 2.00 bits per heavy atom. The van der Waals surface area contributed by atoms with Crippen molar-refractivity contribution in [3.8, 4) is 0 Å². The second kappa shape index (κ2) is 6.73. The lowest BCUT2D eigenvalue weighted by Gasteiger charge is -2.39. The zero-order chi connectivity index (χ0) is 13.7. The van der Waals surface area contributed by atoms with E-state index in [1.165, 1.54) is 0 Å². The first-order valence-corrected chi connectivity index (χ1v) is 6.63. The van der Waals surface area contributed by atoms with Gasteiger partial charge < -0.3 is 10.0 Å². The molecule has 1 rings (SSSR count). The van der Waals surface area contributed by atoms with E-state index in [9.17, 15) is 9.59 Å². The number of amides is 1. The minimum atomic E-state index is -0.833. The van der Waals surface area contributed by atoms with Gasteiger partial charge in [-0.05, 0) is 19.4 Å². The summed E-state index contributed by atoms with van der Waals surface area (Å²) in [5.41, 5.74) is 0. The molecule has 0 aromatic rings. The number of piperazine rings is 1. The van der Waals surface area contributed by atoms with Gasteiger partial charge >= 0.3 is 5.97 Å². The van der Waals surface area contributed by atoms with E-state index in [4.69, 9.17) is 5.11 Å². The number of carbonyl (C=O) groups excluding carboxylic acids is 1. The molecule has 0 aliphatic carbocycles. The van der Waals surface area contributed by atoms with E-state index >= 15 is 0 Å². The molecule has 1 aliphatic rings. The van der Waals surface area contributed by atoms with Crippen LogP contribution in [-0.4, -0.2) is 59.5 Å². The van der Waals surface area contributed by atoms with Gasteiger partial charge in [0.1, 0.15) is 0 Å². The molecule has 1 amide bonds. The van der Waals surface area contributed by atoms with Crippen molar-refractivity contribution in [2.45, 2.75) is 39.2 Å². The molecule has 1 N–H and O–H groups in total. The molecule has 0 bridgehead atoms. The first kappa shape index (κ1) is 15.0. The van der Waals surface area contributed by atoms with Gasteiger partial charge in [-0.1, -0.05) is 13.8 Å². The summed E-state index contributed by atoms with van der Waals surface area (Å²) >= 11 is 0. The topological polar surface area (TPSA) is 60.9 Å². The van der Waals surface area contributed by atoms with Gasteiger partial charge in [0, 0.05) is 38.5 Å². The smallest absolute Gasteiger partial charge is 0.303 e. The molecule has 2 atom stereocenters. The quantitative estimate of drug-likeness (QED) is 0.798. The molecule has 0 saturated carbocycles. The van der Waals surface area contributed by atoms with Crippen molar-refractivity contribution in [3.05, 3.63) is 0 Å². The van der Waals surface area contributed by atoms with E-state index in [-0.39, 0.29) is 18.2 Å². The van der Waals surface area contributed by atoms with Crippen molar-refractivity contribution in [1.29, 1.82) is 0 Å². The highest BCUT2D eigenvalue weighted by molar-refractivity contribution is 5.77. The molecule has 5 heteroatoms. The maximum atomic E-state index is 12.1. The van der Waals surface area contributed by atoms with Crippen LogP contribution in [0, 0.1) is 5.92 Å². The van der Waals surface area contributed by atoms with Crippen molar-refractivity contribution in [1.82, 2.24) is 9.80 Å².